The standard InChI is InChI=1S/C11H13Br2NO4S/c1-18-11-3-8(6(12)2-7(11)13)14-9-4-19(16,17)5-10(9)15/h2-3,9-10,14-15H,4-5H2,1H3. The van der Waals surface area contributed by atoms with Crippen molar-refractivity contribution in [1.29, 1.82) is 0 Å². The molecule has 5 nitrogen and oxygen atoms in total. The Balaban J connectivity index is 2.24. The first kappa shape index (κ1) is 15.1. The molecule has 0 saturated carbocycles. The lowest BCUT2D eigenvalue weighted by molar-refractivity contribution is 0.190. The number of rotatable bonds is 3. The highest BCUT2D eigenvalue weighted by atomic mass is 79.9. The molecular formula is C11H13Br2NO4S. The number of halogens is 2. The monoisotopic (exact) mass is 413 g/mol. The van der Waals surface area contributed by atoms with Crippen LogP contribution in [0.25, 0.3) is 0 Å². The van der Waals surface area contributed by atoms with Crippen molar-refractivity contribution in [2.75, 3.05) is 23.9 Å². The highest BCUT2D eigenvalue weighted by Gasteiger charge is 2.36. The average molecular weight is 415 g/mol. The van der Waals surface area contributed by atoms with Crippen LogP contribution < -0.4 is 10.1 Å². The Morgan fingerprint density at radius 1 is 1.32 bits per heavy atom. The Morgan fingerprint density at radius 2 is 2.00 bits per heavy atom. The van der Waals surface area contributed by atoms with Crippen LogP contribution in [-0.2, 0) is 9.84 Å². The lowest BCUT2D eigenvalue weighted by Gasteiger charge is -2.18. The van der Waals surface area contributed by atoms with Crippen LogP contribution in [0.2, 0.25) is 0 Å². The van der Waals surface area contributed by atoms with E-state index < -0.39 is 22.0 Å². The molecule has 1 aliphatic rings. The molecule has 19 heavy (non-hydrogen) atoms. The van der Waals surface area contributed by atoms with E-state index in [9.17, 15) is 13.5 Å². The number of sulfone groups is 1. The molecule has 2 atom stereocenters. The average Bonchev–Trinajstić information content (AvgIpc) is 2.55. The van der Waals surface area contributed by atoms with Crippen molar-refractivity contribution in [3.63, 3.8) is 0 Å². The SMILES string of the molecule is COc1cc(NC2CS(=O)(=O)CC2O)c(Br)cc1Br. The summed E-state index contributed by atoms with van der Waals surface area (Å²) in [5.41, 5.74) is 0.682. The molecule has 1 aromatic rings. The van der Waals surface area contributed by atoms with Gasteiger partial charge in [-0.25, -0.2) is 8.42 Å². The first-order valence-electron chi connectivity index (χ1n) is 5.50. The van der Waals surface area contributed by atoms with Crippen molar-refractivity contribution in [3.05, 3.63) is 21.1 Å². The third-order valence-electron chi connectivity index (χ3n) is 2.91. The molecule has 0 bridgehead atoms. The van der Waals surface area contributed by atoms with E-state index in [0.29, 0.717) is 11.4 Å². The normalized spacial score (nSPS) is 25.3. The summed E-state index contributed by atoms with van der Waals surface area (Å²) < 4.78 is 29.6. The van der Waals surface area contributed by atoms with Crippen LogP contribution in [-0.4, -0.2) is 44.3 Å². The summed E-state index contributed by atoms with van der Waals surface area (Å²) in [5.74, 6) is 0.357. The maximum Gasteiger partial charge on any atom is 0.155 e. The topological polar surface area (TPSA) is 75.6 Å². The fraction of sp³-hybridized carbons (Fsp3) is 0.455. The maximum absolute atomic E-state index is 11.5. The summed E-state index contributed by atoms with van der Waals surface area (Å²) in [6, 6.07) is 3.04. The van der Waals surface area contributed by atoms with E-state index in [4.69, 9.17) is 4.74 Å². The van der Waals surface area contributed by atoms with Crippen LogP contribution in [0.5, 0.6) is 5.75 Å². The molecule has 1 fully saturated rings. The number of aliphatic hydroxyl groups excluding tert-OH is 1. The number of anilines is 1. The summed E-state index contributed by atoms with van der Waals surface area (Å²) in [5, 5.41) is 12.8. The second kappa shape index (κ2) is 5.59. The highest BCUT2D eigenvalue weighted by molar-refractivity contribution is 9.11. The highest BCUT2D eigenvalue weighted by Crippen LogP contribution is 2.35. The molecular weight excluding hydrogens is 402 g/mol. The van der Waals surface area contributed by atoms with E-state index in [-0.39, 0.29) is 11.5 Å². The molecule has 2 rings (SSSR count). The smallest absolute Gasteiger partial charge is 0.155 e. The minimum atomic E-state index is -3.17. The molecule has 8 heteroatoms. The number of aliphatic hydroxyl groups is 1. The number of hydrogen-bond donors (Lipinski definition) is 2. The minimum absolute atomic E-state index is 0.0705. The Bertz CT molecular complexity index is 591. The van der Waals surface area contributed by atoms with Gasteiger partial charge < -0.3 is 15.2 Å². The van der Waals surface area contributed by atoms with Crippen LogP contribution in [0.1, 0.15) is 0 Å². The molecule has 2 N–H and O–H groups in total. The predicted octanol–water partition coefficient (Wildman–Crippen LogP) is 1.79. The van der Waals surface area contributed by atoms with E-state index in [1.54, 1.807) is 19.2 Å². The summed E-state index contributed by atoms with van der Waals surface area (Å²) in [7, 11) is -1.62. The van der Waals surface area contributed by atoms with Gasteiger partial charge in [0.2, 0.25) is 0 Å². The fourth-order valence-corrected chi connectivity index (χ4v) is 4.97. The van der Waals surface area contributed by atoms with Crippen LogP contribution in [0.15, 0.2) is 21.1 Å². The summed E-state index contributed by atoms with van der Waals surface area (Å²) in [6.07, 6.45) is -0.897. The first-order valence-corrected chi connectivity index (χ1v) is 8.91. The molecule has 0 amide bonds. The number of nitrogens with one attached hydrogen (secondary N) is 1. The number of methoxy groups -OCH3 is 1. The quantitative estimate of drug-likeness (QED) is 0.788. The third kappa shape index (κ3) is 3.42. The molecule has 1 aliphatic heterocycles. The zero-order valence-electron chi connectivity index (χ0n) is 10.1. The lowest BCUT2D eigenvalue weighted by atomic mass is 10.2. The maximum atomic E-state index is 11.5. The van der Waals surface area contributed by atoms with Crippen LogP contribution in [0, 0.1) is 0 Å². The van der Waals surface area contributed by atoms with Crippen LogP contribution >= 0.6 is 31.9 Å². The van der Waals surface area contributed by atoms with Crippen molar-refractivity contribution in [2.45, 2.75) is 12.1 Å². The molecule has 0 aliphatic carbocycles. The molecule has 0 spiro atoms. The Hall–Kier alpha value is -0.310. The van der Waals surface area contributed by atoms with Crippen LogP contribution in [0.3, 0.4) is 0 Å². The van der Waals surface area contributed by atoms with Gasteiger partial charge in [0.05, 0.1) is 40.9 Å². The van der Waals surface area contributed by atoms with E-state index in [1.165, 1.54) is 0 Å². The molecule has 0 aromatic heterocycles. The fourth-order valence-electron chi connectivity index (χ4n) is 1.96. The first-order chi connectivity index (χ1) is 8.82. The summed E-state index contributed by atoms with van der Waals surface area (Å²) >= 11 is 6.74. The summed E-state index contributed by atoms with van der Waals surface area (Å²) in [6.45, 7) is 0. The van der Waals surface area contributed by atoms with Gasteiger partial charge in [0, 0.05) is 10.5 Å². The Morgan fingerprint density at radius 3 is 2.53 bits per heavy atom. The molecule has 2 unspecified atom stereocenters. The van der Waals surface area contributed by atoms with Crippen molar-refractivity contribution < 1.29 is 18.3 Å². The molecule has 0 radical (unpaired) electrons. The largest absolute Gasteiger partial charge is 0.495 e. The second-order valence-electron chi connectivity index (χ2n) is 4.36. The van der Waals surface area contributed by atoms with Crippen LogP contribution in [0.4, 0.5) is 5.69 Å². The van der Waals surface area contributed by atoms with Crippen molar-refractivity contribution >= 4 is 47.4 Å². The van der Waals surface area contributed by atoms with Gasteiger partial charge in [-0.15, -0.1) is 0 Å². The second-order valence-corrected chi connectivity index (χ2v) is 8.22. The van der Waals surface area contributed by atoms with Gasteiger partial charge in [0.1, 0.15) is 5.75 Å². The lowest BCUT2D eigenvalue weighted by Crippen LogP contribution is -2.31. The molecule has 1 aromatic carbocycles. The number of ether oxygens (including phenoxy) is 1. The zero-order valence-corrected chi connectivity index (χ0v) is 14.0. The van der Waals surface area contributed by atoms with Crippen molar-refractivity contribution in [3.8, 4) is 5.75 Å². The Labute approximate surface area is 128 Å². The number of benzene rings is 1. The zero-order chi connectivity index (χ0) is 14.2. The van der Waals surface area contributed by atoms with Crippen molar-refractivity contribution in [1.82, 2.24) is 0 Å². The van der Waals surface area contributed by atoms with E-state index in [0.717, 1.165) is 8.95 Å². The van der Waals surface area contributed by atoms with Gasteiger partial charge in [0.15, 0.2) is 9.84 Å². The minimum Gasteiger partial charge on any atom is -0.495 e. The predicted molar refractivity (Wildman–Crippen MR) is 80.5 cm³/mol. The van der Waals surface area contributed by atoms with E-state index >= 15 is 0 Å². The third-order valence-corrected chi connectivity index (χ3v) is 5.90. The van der Waals surface area contributed by atoms with Gasteiger partial charge in [-0.2, -0.15) is 0 Å². The van der Waals surface area contributed by atoms with Gasteiger partial charge in [0.25, 0.3) is 0 Å². The van der Waals surface area contributed by atoms with Crippen molar-refractivity contribution in [2.24, 2.45) is 0 Å². The number of hydrogen-bond acceptors (Lipinski definition) is 5. The van der Waals surface area contributed by atoms with Gasteiger partial charge in [-0.1, -0.05) is 0 Å². The summed E-state index contributed by atoms with van der Waals surface area (Å²) in [4.78, 5) is 0. The van der Waals surface area contributed by atoms with Gasteiger partial charge >= 0.3 is 0 Å². The molecule has 1 saturated heterocycles. The van der Waals surface area contributed by atoms with Gasteiger partial charge in [-0.3, -0.25) is 0 Å². The van der Waals surface area contributed by atoms with E-state index in [1.807, 2.05) is 0 Å². The molecule has 1 heterocycles. The Kier molecular flexibility index (Phi) is 4.44. The molecule has 106 valence electrons. The van der Waals surface area contributed by atoms with E-state index in [2.05, 4.69) is 37.2 Å². The van der Waals surface area contributed by atoms with Gasteiger partial charge in [-0.05, 0) is 37.9 Å².